The van der Waals surface area contributed by atoms with Crippen LogP contribution in [0.3, 0.4) is 0 Å². The quantitative estimate of drug-likeness (QED) is 0.460. The number of sulfone groups is 1. The van der Waals surface area contributed by atoms with Gasteiger partial charge in [0.1, 0.15) is 17.5 Å². The summed E-state index contributed by atoms with van der Waals surface area (Å²) in [7, 11) is -1.26. The molecule has 0 bridgehead atoms. The Morgan fingerprint density at radius 2 is 1.84 bits per heavy atom. The van der Waals surface area contributed by atoms with Gasteiger partial charge in [0, 0.05) is 36.1 Å². The van der Waals surface area contributed by atoms with Gasteiger partial charge in [0.05, 0.1) is 17.5 Å². The van der Waals surface area contributed by atoms with Crippen LogP contribution in [0, 0.1) is 5.82 Å². The summed E-state index contributed by atoms with van der Waals surface area (Å²) in [4.78, 5) is 8.33. The summed E-state index contributed by atoms with van der Waals surface area (Å²) in [5.41, 5.74) is 3.67. The zero-order valence-corrected chi connectivity index (χ0v) is 19.1. The maximum absolute atomic E-state index is 14.7. The maximum atomic E-state index is 14.7. The van der Waals surface area contributed by atoms with E-state index < -0.39 is 15.7 Å². The molecule has 0 amide bonds. The Kier molecular flexibility index (Phi) is 5.68. The van der Waals surface area contributed by atoms with Crippen molar-refractivity contribution >= 4 is 32.4 Å². The molecule has 1 N–H and O–H groups in total. The van der Waals surface area contributed by atoms with E-state index in [9.17, 15) is 12.8 Å². The summed E-state index contributed by atoms with van der Waals surface area (Å²) < 4.78 is 39.7. The third kappa shape index (κ3) is 4.62. The van der Waals surface area contributed by atoms with Gasteiger partial charge in [-0.2, -0.15) is 5.10 Å². The van der Waals surface area contributed by atoms with E-state index in [2.05, 4.69) is 34.2 Å². The van der Waals surface area contributed by atoms with E-state index in [-0.39, 0.29) is 11.7 Å². The minimum atomic E-state index is -3.17. The van der Waals surface area contributed by atoms with Crippen molar-refractivity contribution in [1.29, 1.82) is 0 Å². The highest BCUT2D eigenvalue weighted by Crippen LogP contribution is 2.32. The third-order valence-electron chi connectivity index (χ3n) is 5.10. The highest BCUT2D eigenvalue weighted by atomic mass is 32.2. The van der Waals surface area contributed by atoms with Crippen molar-refractivity contribution < 1.29 is 12.8 Å². The first-order chi connectivity index (χ1) is 15.1. The fraction of sp³-hybridized carbons (Fsp3) is 0.261. The predicted molar refractivity (Wildman–Crippen MR) is 124 cm³/mol. The molecule has 0 saturated carbocycles. The normalized spacial score (nSPS) is 11.9. The van der Waals surface area contributed by atoms with E-state index in [4.69, 9.17) is 0 Å². The first-order valence-corrected chi connectivity index (χ1v) is 12.2. The van der Waals surface area contributed by atoms with Crippen LogP contribution in [0.25, 0.3) is 22.0 Å². The molecule has 0 aliphatic rings. The molecule has 0 radical (unpaired) electrons. The van der Waals surface area contributed by atoms with Crippen LogP contribution in [-0.4, -0.2) is 34.4 Å². The fourth-order valence-electron chi connectivity index (χ4n) is 3.87. The Labute approximate surface area is 186 Å². The van der Waals surface area contributed by atoms with Gasteiger partial charge < -0.3 is 5.32 Å². The van der Waals surface area contributed by atoms with Crippen molar-refractivity contribution in [3.63, 3.8) is 0 Å². The number of rotatable bonds is 6. The molecule has 0 aliphatic heterocycles. The number of halogens is 1. The number of hydrogen-bond acceptors (Lipinski definition) is 6. The molecule has 7 nitrogen and oxygen atoms in total. The molecule has 3 heterocycles. The van der Waals surface area contributed by atoms with Crippen LogP contribution < -0.4 is 5.32 Å². The highest BCUT2D eigenvalue weighted by molar-refractivity contribution is 7.89. The van der Waals surface area contributed by atoms with E-state index in [0.717, 1.165) is 22.8 Å². The van der Waals surface area contributed by atoms with E-state index in [0.29, 0.717) is 28.3 Å². The van der Waals surface area contributed by atoms with E-state index in [1.54, 1.807) is 18.2 Å². The summed E-state index contributed by atoms with van der Waals surface area (Å²) in [6, 6.07) is 10.6. The van der Waals surface area contributed by atoms with Gasteiger partial charge in [0.15, 0.2) is 9.84 Å². The number of pyridine rings is 2. The Balaban J connectivity index is 1.70. The Hall–Kier alpha value is -3.33. The average Bonchev–Trinajstić information content (AvgIpc) is 3.03. The van der Waals surface area contributed by atoms with Crippen LogP contribution in [0.2, 0.25) is 0 Å². The molecule has 0 atom stereocenters. The second kappa shape index (κ2) is 8.31. The highest BCUT2D eigenvalue weighted by Gasteiger charge is 2.15. The lowest BCUT2D eigenvalue weighted by atomic mass is 10.0. The zero-order valence-electron chi connectivity index (χ0n) is 18.3. The van der Waals surface area contributed by atoms with Crippen LogP contribution in [0.15, 0.2) is 48.8 Å². The molecule has 0 unspecified atom stereocenters. The maximum Gasteiger partial charge on any atom is 0.151 e. The number of nitrogens with zero attached hydrogens (tertiary/aromatic N) is 4. The molecule has 4 aromatic rings. The minimum absolute atomic E-state index is 0.0877. The van der Waals surface area contributed by atoms with Crippen molar-refractivity contribution in [2.24, 2.45) is 7.05 Å². The minimum Gasteiger partial charge on any atom is -0.325 e. The van der Waals surface area contributed by atoms with Crippen molar-refractivity contribution in [2.75, 3.05) is 11.6 Å². The van der Waals surface area contributed by atoms with E-state index >= 15 is 0 Å². The first kappa shape index (κ1) is 21.9. The third-order valence-corrected chi connectivity index (χ3v) is 5.96. The Morgan fingerprint density at radius 1 is 1.09 bits per heavy atom. The van der Waals surface area contributed by atoms with Gasteiger partial charge in [0.2, 0.25) is 0 Å². The lowest BCUT2D eigenvalue weighted by Gasteiger charge is -2.10. The van der Waals surface area contributed by atoms with Gasteiger partial charge >= 0.3 is 0 Å². The number of anilines is 2. The van der Waals surface area contributed by atoms with Crippen molar-refractivity contribution in [3.8, 4) is 11.1 Å². The predicted octanol–water partition coefficient (Wildman–Crippen LogP) is 4.58. The molecule has 9 heteroatoms. The van der Waals surface area contributed by atoms with Crippen molar-refractivity contribution in [3.05, 3.63) is 65.9 Å². The lowest BCUT2D eigenvalue weighted by Crippen LogP contribution is -2.03. The molecule has 166 valence electrons. The molecule has 3 aromatic heterocycles. The monoisotopic (exact) mass is 453 g/mol. The average molecular weight is 454 g/mol. The molecule has 0 saturated heterocycles. The molecule has 0 aliphatic carbocycles. The first-order valence-electron chi connectivity index (χ1n) is 10.1. The van der Waals surface area contributed by atoms with Crippen LogP contribution >= 0.6 is 0 Å². The van der Waals surface area contributed by atoms with Crippen molar-refractivity contribution in [2.45, 2.75) is 25.5 Å². The van der Waals surface area contributed by atoms with Crippen LogP contribution in [-0.2, 0) is 22.6 Å². The van der Waals surface area contributed by atoms with Crippen LogP contribution in [0.4, 0.5) is 16.0 Å². The van der Waals surface area contributed by atoms with E-state index in [1.807, 2.05) is 29.9 Å². The number of aromatic nitrogens is 4. The Bertz CT molecular complexity index is 1410. The van der Waals surface area contributed by atoms with Gasteiger partial charge in [-0.15, -0.1) is 0 Å². The molecule has 32 heavy (non-hydrogen) atoms. The second-order valence-corrected chi connectivity index (χ2v) is 10.3. The van der Waals surface area contributed by atoms with Gasteiger partial charge in [-0.25, -0.2) is 22.8 Å². The molecule has 1 aromatic carbocycles. The van der Waals surface area contributed by atoms with Crippen LogP contribution in [0.1, 0.15) is 31.0 Å². The van der Waals surface area contributed by atoms with Crippen molar-refractivity contribution in [1.82, 2.24) is 19.7 Å². The number of benzene rings is 1. The Morgan fingerprint density at radius 3 is 2.56 bits per heavy atom. The summed E-state index contributed by atoms with van der Waals surface area (Å²) >= 11 is 0. The SMILES string of the molecule is CC(C)c1c2cc(-c3cc(Nc4cc(CS(C)(=O)=O)ccn4)ncc3F)ccc2nn1C. The van der Waals surface area contributed by atoms with Gasteiger partial charge in [0.25, 0.3) is 0 Å². The fourth-order valence-corrected chi connectivity index (χ4v) is 4.65. The van der Waals surface area contributed by atoms with Gasteiger partial charge in [-0.05, 0) is 47.4 Å². The van der Waals surface area contributed by atoms with Gasteiger partial charge in [-0.3, -0.25) is 4.68 Å². The summed E-state index contributed by atoms with van der Waals surface area (Å²) in [5, 5.41) is 8.57. The number of fused-ring (bicyclic) bond motifs is 1. The lowest BCUT2D eigenvalue weighted by molar-refractivity contribution is 0.601. The van der Waals surface area contributed by atoms with Gasteiger partial charge in [-0.1, -0.05) is 19.9 Å². The smallest absolute Gasteiger partial charge is 0.151 e. The number of aryl methyl sites for hydroxylation is 1. The molecular formula is C23H24FN5O2S. The largest absolute Gasteiger partial charge is 0.325 e. The van der Waals surface area contributed by atoms with E-state index in [1.165, 1.54) is 12.5 Å². The zero-order chi connectivity index (χ0) is 23.0. The number of hydrogen-bond donors (Lipinski definition) is 1. The topological polar surface area (TPSA) is 89.8 Å². The summed E-state index contributed by atoms with van der Waals surface area (Å²) in [6.07, 6.45) is 3.87. The number of nitrogens with one attached hydrogen (secondary N) is 1. The second-order valence-electron chi connectivity index (χ2n) is 8.19. The standard InChI is InChI=1S/C23H24FN5O2S/c1-14(2)23-18-10-16(5-6-20(18)28-29(23)3)17-11-22(26-12-19(17)24)27-21-9-15(7-8-25-21)13-32(4,30)31/h5-12,14H,13H2,1-4H3,(H,25,26,27). The van der Waals surface area contributed by atoms with Crippen LogP contribution in [0.5, 0.6) is 0 Å². The molecular weight excluding hydrogens is 429 g/mol. The summed E-state index contributed by atoms with van der Waals surface area (Å²) in [5.74, 6) is 0.575. The molecule has 0 spiro atoms. The molecule has 4 rings (SSSR count). The molecule has 0 fully saturated rings. The summed E-state index contributed by atoms with van der Waals surface area (Å²) in [6.45, 7) is 4.20.